The molecule has 0 aliphatic carbocycles. The van der Waals surface area contributed by atoms with Gasteiger partial charge in [-0.1, -0.05) is 0 Å². The first-order chi connectivity index (χ1) is 12.3. The predicted octanol–water partition coefficient (Wildman–Crippen LogP) is 2.56. The number of rotatable bonds is 4. The van der Waals surface area contributed by atoms with Gasteiger partial charge in [-0.2, -0.15) is 0 Å². The van der Waals surface area contributed by atoms with E-state index >= 15 is 0 Å². The van der Waals surface area contributed by atoms with Crippen molar-refractivity contribution in [2.24, 2.45) is 5.92 Å². The minimum atomic E-state index is -0.299. The average Bonchev–Trinajstić information content (AvgIpc) is 3.00. The molecule has 0 radical (unpaired) electrons. The van der Waals surface area contributed by atoms with Crippen LogP contribution in [0, 0.1) is 11.7 Å². The fraction of sp³-hybridized carbons (Fsp3) is 0.368. The van der Waals surface area contributed by atoms with Gasteiger partial charge in [0.05, 0.1) is 36.3 Å². The molecule has 3 aromatic rings. The van der Waals surface area contributed by atoms with Crippen LogP contribution < -0.4 is 0 Å². The van der Waals surface area contributed by atoms with Gasteiger partial charge in [-0.25, -0.2) is 4.39 Å². The molecule has 0 saturated carbocycles. The number of hydrogen-bond acceptors (Lipinski definition) is 4. The maximum absolute atomic E-state index is 13.0. The summed E-state index contributed by atoms with van der Waals surface area (Å²) in [6, 6.07) is 7.35. The van der Waals surface area contributed by atoms with Crippen molar-refractivity contribution >= 4 is 5.52 Å². The zero-order valence-electron chi connectivity index (χ0n) is 14.0. The second-order valence-electron chi connectivity index (χ2n) is 6.52. The molecule has 1 unspecified atom stereocenters. The van der Waals surface area contributed by atoms with Gasteiger partial charge < -0.3 is 9.14 Å². The van der Waals surface area contributed by atoms with E-state index in [1.54, 1.807) is 6.07 Å². The van der Waals surface area contributed by atoms with E-state index in [1.165, 1.54) is 12.3 Å². The SMILES string of the molecule is Fc1ccc(CN2CCOCC(Cc3nccn4cccc34)C2)nc1. The average molecular weight is 340 g/mol. The summed E-state index contributed by atoms with van der Waals surface area (Å²) in [6.45, 7) is 3.93. The van der Waals surface area contributed by atoms with Crippen LogP contribution in [0.15, 0.2) is 49.1 Å². The summed E-state index contributed by atoms with van der Waals surface area (Å²) in [6.07, 6.45) is 8.01. The van der Waals surface area contributed by atoms with Gasteiger partial charge in [0.25, 0.3) is 0 Å². The molecule has 25 heavy (non-hydrogen) atoms. The highest BCUT2D eigenvalue weighted by Gasteiger charge is 2.21. The second-order valence-corrected chi connectivity index (χ2v) is 6.52. The third kappa shape index (κ3) is 3.86. The Balaban J connectivity index is 1.46. The van der Waals surface area contributed by atoms with Crippen LogP contribution in [0.25, 0.3) is 5.52 Å². The molecular weight excluding hydrogens is 319 g/mol. The molecule has 130 valence electrons. The van der Waals surface area contributed by atoms with Crippen LogP contribution in [0.1, 0.15) is 11.4 Å². The lowest BCUT2D eigenvalue weighted by Gasteiger charge is -2.23. The van der Waals surface area contributed by atoms with E-state index in [4.69, 9.17) is 4.74 Å². The summed E-state index contributed by atoms with van der Waals surface area (Å²) < 4.78 is 20.9. The smallest absolute Gasteiger partial charge is 0.141 e. The van der Waals surface area contributed by atoms with Gasteiger partial charge in [0.2, 0.25) is 0 Å². The predicted molar refractivity (Wildman–Crippen MR) is 92.7 cm³/mol. The van der Waals surface area contributed by atoms with Crippen molar-refractivity contribution in [1.29, 1.82) is 0 Å². The Morgan fingerprint density at radius 2 is 2.16 bits per heavy atom. The van der Waals surface area contributed by atoms with Gasteiger partial charge in [0, 0.05) is 44.1 Å². The Bertz CT molecular complexity index is 833. The van der Waals surface area contributed by atoms with Crippen LogP contribution in [-0.2, 0) is 17.7 Å². The van der Waals surface area contributed by atoms with Gasteiger partial charge in [-0.15, -0.1) is 0 Å². The molecule has 1 fully saturated rings. The number of ether oxygens (including phenoxy) is 1. The van der Waals surface area contributed by atoms with E-state index in [0.717, 1.165) is 43.0 Å². The molecule has 1 aliphatic rings. The molecule has 4 rings (SSSR count). The quantitative estimate of drug-likeness (QED) is 0.732. The number of pyridine rings is 1. The summed E-state index contributed by atoms with van der Waals surface area (Å²) in [5.41, 5.74) is 3.13. The van der Waals surface area contributed by atoms with Crippen molar-refractivity contribution in [3.63, 3.8) is 0 Å². The summed E-state index contributed by atoms with van der Waals surface area (Å²) in [5, 5.41) is 0. The topological polar surface area (TPSA) is 42.7 Å². The van der Waals surface area contributed by atoms with Crippen molar-refractivity contribution in [2.75, 3.05) is 26.3 Å². The largest absolute Gasteiger partial charge is 0.380 e. The first-order valence-electron chi connectivity index (χ1n) is 8.59. The number of hydrogen-bond donors (Lipinski definition) is 0. The molecular formula is C19H21FN4O. The van der Waals surface area contributed by atoms with Crippen molar-refractivity contribution < 1.29 is 9.13 Å². The monoisotopic (exact) mass is 340 g/mol. The highest BCUT2D eigenvalue weighted by molar-refractivity contribution is 5.52. The molecule has 0 spiro atoms. The van der Waals surface area contributed by atoms with Crippen molar-refractivity contribution in [2.45, 2.75) is 13.0 Å². The third-order valence-electron chi connectivity index (χ3n) is 4.61. The molecule has 0 N–H and O–H groups in total. The molecule has 1 atom stereocenters. The lowest BCUT2D eigenvalue weighted by Crippen LogP contribution is -2.31. The molecule has 0 aromatic carbocycles. The minimum Gasteiger partial charge on any atom is -0.380 e. The summed E-state index contributed by atoms with van der Waals surface area (Å²) >= 11 is 0. The second kappa shape index (κ2) is 7.29. The first-order valence-corrected chi connectivity index (χ1v) is 8.59. The summed E-state index contributed by atoms with van der Waals surface area (Å²) in [5.74, 6) is 0.0729. The number of nitrogens with zero attached hydrogens (tertiary/aromatic N) is 4. The van der Waals surface area contributed by atoms with Gasteiger partial charge in [-0.05, 0) is 30.7 Å². The van der Waals surface area contributed by atoms with Crippen LogP contribution in [0.3, 0.4) is 0 Å². The molecule has 0 amide bonds. The summed E-state index contributed by atoms with van der Waals surface area (Å²) in [4.78, 5) is 11.1. The van der Waals surface area contributed by atoms with E-state index in [2.05, 4.69) is 25.3 Å². The lowest BCUT2D eigenvalue weighted by atomic mass is 10.0. The Kier molecular flexibility index (Phi) is 4.72. The zero-order chi connectivity index (χ0) is 17.1. The van der Waals surface area contributed by atoms with Gasteiger partial charge in [0.15, 0.2) is 0 Å². The number of fused-ring (bicyclic) bond motifs is 1. The van der Waals surface area contributed by atoms with E-state index < -0.39 is 0 Å². The van der Waals surface area contributed by atoms with Crippen molar-refractivity contribution in [3.05, 3.63) is 66.3 Å². The minimum absolute atomic E-state index is 0.299. The van der Waals surface area contributed by atoms with Gasteiger partial charge in [0.1, 0.15) is 5.82 Å². The van der Waals surface area contributed by atoms with Crippen LogP contribution in [0.5, 0.6) is 0 Å². The molecule has 0 bridgehead atoms. The van der Waals surface area contributed by atoms with Crippen LogP contribution >= 0.6 is 0 Å². The standard InChI is InChI=1S/C19H21FN4O/c20-16-3-4-17(22-11-16)13-23-8-9-25-14-15(12-23)10-18-19-2-1-6-24(19)7-5-21-18/h1-7,11,15H,8-10,12-14H2. The highest BCUT2D eigenvalue weighted by Crippen LogP contribution is 2.18. The number of aromatic nitrogens is 3. The van der Waals surface area contributed by atoms with Crippen LogP contribution in [0.2, 0.25) is 0 Å². The lowest BCUT2D eigenvalue weighted by molar-refractivity contribution is 0.121. The van der Waals surface area contributed by atoms with Crippen molar-refractivity contribution in [1.82, 2.24) is 19.3 Å². The Morgan fingerprint density at radius 3 is 3.04 bits per heavy atom. The molecule has 3 aromatic heterocycles. The first kappa shape index (κ1) is 16.2. The molecule has 1 aliphatic heterocycles. The highest BCUT2D eigenvalue weighted by atomic mass is 19.1. The van der Waals surface area contributed by atoms with Gasteiger partial charge in [-0.3, -0.25) is 14.9 Å². The third-order valence-corrected chi connectivity index (χ3v) is 4.61. The fourth-order valence-electron chi connectivity index (χ4n) is 3.41. The maximum atomic E-state index is 13.0. The fourth-order valence-corrected chi connectivity index (χ4v) is 3.41. The van der Waals surface area contributed by atoms with Gasteiger partial charge >= 0.3 is 0 Å². The van der Waals surface area contributed by atoms with E-state index in [-0.39, 0.29) is 5.82 Å². The van der Waals surface area contributed by atoms with Crippen LogP contribution in [-0.4, -0.2) is 45.6 Å². The van der Waals surface area contributed by atoms with E-state index in [1.807, 2.05) is 24.7 Å². The summed E-state index contributed by atoms with van der Waals surface area (Å²) in [7, 11) is 0. The van der Waals surface area contributed by atoms with Crippen molar-refractivity contribution in [3.8, 4) is 0 Å². The molecule has 6 heteroatoms. The normalized spacial score (nSPS) is 19.2. The van der Waals surface area contributed by atoms with E-state index in [9.17, 15) is 4.39 Å². The Labute approximate surface area is 146 Å². The van der Waals surface area contributed by atoms with Crippen LogP contribution in [0.4, 0.5) is 4.39 Å². The Hall–Kier alpha value is -2.31. The molecule has 5 nitrogen and oxygen atoms in total. The maximum Gasteiger partial charge on any atom is 0.141 e. The Morgan fingerprint density at radius 1 is 1.20 bits per heavy atom. The zero-order valence-corrected chi connectivity index (χ0v) is 14.0. The van der Waals surface area contributed by atoms with E-state index in [0.29, 0.717) is 19.1 Å². The molecule has 1 saturated heterocycles. The number of halogens is 1. The molecule has 4 heterocycles.